The third-order valence-electron chi connectivity index (χ3n) is 5.57. The SMILES string of the molecule is COc1nc(NCC(=O)N2CCOCC2)nn2ccc(-c3ccc4nnn(CC(F)F)c4c3)c12. The van der Waals surface area contributed by atoms with E-state index in [1.807, 2.05) is 12.1 Å². The van der Waals surface area contributed by atoms with Crippen LogP contribution in [0.5, 0.6) is 5.88 Å². The number of hydrogen-bond acceptors (Lipinski definition) is 8. The molecule has 0 atom stereocenters. The van der Waals surface area contributed by atoms with Gasteiger partial charge in [0.25, 0.3) is 6.43 Å². The molecule has 0 unspecified atom stereocenters. The van der Waals surface area contributed by atoms with Crippen LogP contribution in [0.2, 0.25) is 0 Å². The number of rotatable bonds is 7. The first-order valence-corrected chi connectivity index (χ1v) is 10.7. The minimum absolute atomic E-state index is 0.0422. The number of morpholine rings is 1. The molecule has 0 bridgehead atoms. The summed E-state index contributed by atoms with van der Waals surface area (Å²) in [4.78, 5) is 18.6. The summed E-state index contributed by atoms with van der Waals surface area (Å²) in [5.41, 5.74) is 3.11. The first kappa shape index (κ1) is 21.9. The Balaban J connectivity index is 1.44. The van der Waals surface area contributed by atoms with Crippen molar-refractivity contribution in [2.75, 3.05) is 45.3 Å². The van der Waals surface area contributed by atoms with Gasteiger partial charge in [0.05, 0.1) is 32.4 Å². The van der Waals surface area contributed by atoms with Crippen LogP contribution in [0.15, 0.2) is 30.5 Å². The van der Waals surface area contributed by atoms with Crippen molar-refractivity contribution in [3.8, 4) is 17.0 Å². The van der Waals surface area contributed by atoms with Crippen LogP contribution in [-0.4, -0.2) is 86.8 Å². The Morgan fingerprint density at radius 1 is 1.26 bits per heavy atom. The number of nitrogens with one attached hydrogen (secondary N) is 1. The summed E-state index contributed by atoms with van der Waals surface area (Å²) >= 11 is 0. The molecular formula is C21H22F2N8O3. The molecule has 4 aromatic rings. The maximum Gasteiger partial charge on any atom is 0.258 e. The van der Waals surface area contributed by atoms with Crippen molar-refractivity contribution in [3.63, 3.8) is 0 Å². The highest BCUT2D eigenvalue weighted by Gasteiger charge is 2.19. The molecule has 1 N–H and O–H groups in total. The van der Waals surface area contributed by atoms with Gasteiger partial charge in [0, 0.05) is 24.8 Å². The zero-order valence-corrected chi connectivity index (χ0v) is 18.3. The van der Waals surface area contributed by atoms with Crippen LogP contribution in [0.1, 0.15) is 0 Å². The Bertz CT molecular complexity index is 1330. The highest BCUT2D eigenvalue weighted by Crippen LogP contribution is 2.32. The number of fused-ring (bicyclic) bond motifs is 2. The summed E-state index contributed by atoms with van der Waals surface area (Å²) in [6.07, 6.45) is -0.804. The predicted molar refractivity (Wildman–Crippen MR) is 118 cm³/mol. The van der Waals surface area contributed by atoms with Crippen LogP contribution in [0.3, 0.4) is 0 Å². The number of anilines is 1. The van der Waals surface area contributed by atoms with E-state index in [0.29, 0.717) is 48.7 Å². The molecule has 5 rings (SSSR count). The van der Waals surface area contributed by atoms with Crippen LogP contribution >= 0.6 is 0 Å². The molecule has 13 heteroatoms. The minimum Gasteiger partial charge on any atom is -0.479 e. The van der Waals surface area contributed by atoms with Gasteiger partial charge in [-0.25, -0.2) is 18.0 Å². The van der Waals surface area contributed by atoms with E-state index in [1.165, 1.54) is 11.8 Å². The number of methoxy groups -OCH3 is 1. The zero-order chi connectivity index (χ0) is 23.7. The van der Waals surface area contributed by atoms with Crippen LogP contribution in [0, 0.1) is 0 Å². The largest absolute Gasteiger partial charge is 0.479 e. The van der Waals surface area contributed by atoms with Crippen molar-refractivity contribution in [1.82, 2.24) is 34.5 Å². The van der Waals surface area contributed by atoms with E-state index in [-0.39, 0.29) is 18.4 Å². The summed E-state index contributed by atoms with van der Waals surface area (Å²) in [7, 11) is 1.49. The van der Waals surface area contributed by atoms with E-state index >= 15 is 0 Å². The van der Waals surface area contributed by atoms with Gasteiger partial charge in [-0.15, -0.1) is 10.2 Å². The van der Waals surface area contributed by atoms with Crippen molar-refractivity contribution in [2.24, 2.45) is 0 Å². The van der Waals surface area contributed by atoms with E-state index in [2.05, 4.69) is 25.7 Å². The number of halogens is 2. The second-order valence-corrected chi connectivity index (χ2v) is 7.68. The van der Waals surface area contributed by atoms with Crippen LogP contribution in [0.25, 0.3) is 27.7 Å². The normalized spacial score (nSPS) is 14.3. The molecule has 1 amide bonds. The lowest BCUT2D eigenvalue weighted by Crippen LogP contribution is -2.43. The molecule has 0 radical (unpaired) electrons. The lowest BCUT2D eigenvalue weighted by molar-refractivity contribution is -0.133. The molecule has 4 heterocycles. The molecule has 1 fully saturated rings. The van der Waals surface area contributed by atoms with Crippen molar-refractivity contribution in [2.45, 2.75) is 13.0 Å². The van der Waals surface area contributed by atoms with Crippen molar-refractivity contribution in [3.05, 3.63) is 30.5 Å². The number of ether oxygens (including phenoxy) is 2. The fraction of sp³-hybridized carbons (Fsp3) is 0.381. The molecule has 1 aliphatic heterocycles. The Morgan fingerprint density at radius 2 is 2.09 bits per heavy atom. The standard InChI is InChI=1S/C21H22F2N8O3/c1-33-20-19-14(13-2-3-15-16(10-13)31(28-26-15)12-17(22)23)4-5-30(19)27-21(25-20)24-11-18(32)29-6-8-34-9-7-29/h2-5,10,17H,6-9,11-12H2,1H3,(H,24,27). The smallest absolute Gasteiger partial charge is 0.258 e. The second-order valence-electron chi connectivity index (χ2n) is 7.68. The monoisotopic (exact) mass is 472 g/mol. The maximum absolute atomic E-state index is 12.9. The van der Waals surface area contributed by atoms with Crippen molar-refractivity contribution >= 4 is 28.4 Å². The van der Waals surface area contributed by atoms with Gasteiger partial charge in [-0.05, 0) is 23.8 Å². The lowest BCUT2D eigenvalue weighted by atomic mass is 10.1. The highest BCUT2D eigenvalue weighted by atomic mass is 19.3. The van der Waals surface area contributed by atoms with E-state index in [4.69, 9.17) is 9.47 Å². The van der Waals surface area contributed by atoms with Crippen LogP contribution < -0.4 is 10.1 Å². The Kier molecular flexibility index (Phi) is 5.92. The van der Waals surface area contributed by atoms with E-state index < -0.39 is 13.0 Å². The number of hydrogen-bond donors (Lipinski definition) is 1. The van der Waals surface area contributed by atoms with Gasteiger partial charge in [-0.2, -0.15) is 4.98 Å². The number of amides is 1. The first-order chi connectivity index (χ1) is 16.5. The van der Waals surface area contributed by atoms with Crippen molar-refractivity contribution in [1.29, 1.82) is 0 Å². The summed E-state index contributed by atoms with van der Waals surface area (Å²) in [6.45, 7) is 1.67. The molecule has 1 aromatic carbocycles. The average Bonchev–Trinajstić information content (AvgIpc) is 3.46. The number of benzene rings is 1. The quantitative estimate of drug-likeness (QED) is 0.433. The molecule has 1 aliphatic rings. The molecule has 0 saturated carbocycles. The maximum atomic E-state index is 12.9. The third kappa shape index (κ3) is 4.21. The number of carbonyl (C=O) groups is 1. The van der Waals surface area contributed by atoms with Gasteiger partial charge >= 0.3 is 0 Å². The van der Waals surface area contributed by atoms with Gasteiger partial charge < -0.3 is 19.7 Å². The zero-order valence-electron chi connectivity index (χ0n) is 18.3. The van der Waals surface area contributed by atoms with Gasteiger partial charge in [-0.1, -0.05) is 11.3 Å². The summed E-state index contributed by atoms with van der Waals surface area (Å²) in [5, 5.41) is 15.2. The van der Waals surface area contributed by atoms with Gasteiger partial charge in [-0.3, -0.25) is 4.79 Å². The van der Waals surface area contributed by atoms with Crippen molar-refractivity contribution < 1.29 is 23.0 Å². The van der Waals surface area contributed by atoms with E-state index in [0.717, 1.165) is 11.1 Å². The fourth-order valence-corrected chi connectivity index (χ4v) is 3.92. The van der Waals surface area contributed by atoms with E-state index in [9.17, 15) is 13.6 Å². The molecule has 0 aliphatic carbocycles. The molecule has 3 aromatic heterocycles. The van der Waals surface area contributed by atoms with Crippen LogP contribution in [-0.2, 0) is 16.1 Å². The Morgan fingerprint density at radius 3 is 2.85 bits per heavy atom. The third-order valence-corrected chi connectivity index (χ3v) is 5.57. The van der Waals surface area contributed by atoms with Crippen LogP contribution in [0.4, 0.5) is 14.7 Å². The molecule has 11 nitrogen and oxygen atoms in total. The Labute approximate surface area is 192 Å². The van der Waals surface area contributed by atoms with Gasteiger partial charge in [0.15, 0.2) is 0 Å². The molecule has 178 valence electrons. The predicted octanol–water partition coefficient (Wildman–Crippen LogP) is 1.69. The summed E-state index contributed by atoms with van der Waals surface area (Å²) in [5.74, 6) is 0.472. The fourth-order valence-electron chi connectivity index (χ4n) is 3.92. The summed E-state index contributed by atoms with van der Waals surface area (Å²) in [6, 6.07) is 7.13. The lowest BCUT2D eigenvalue weighted by Gasteiger charge is -2.26. The number of aromatic nitrogens is 6. The topological polar surface area (TPSA) is 112 Å². The minimum atomic E-state index is -2.54. The van der Waals surface area contributed by atoms with E-state index in [1.54, 1.807) is 27.7 Å². The van der Waals surface area contributed by atoms with Gasteiger partial charge in [0.1, 0.15) is 17.6 Å². The second kappa shape index (κ2) is 9.17. The summed E-state index contributed by atoms with van der Waals surface area (Å²) < 4.78 is 39.4. The first-order valence-electron chi connectivity index (χ1n) is 10.7. The molecular weight excluding hydrogens is 450 g/mol. The molecule has 0 spiro atoms. The average molecular weight is 472 g/mol. The van der Waals surface area contributed by atoms with Gasteiger partial charge in [0.2, 0.25) is 17.7 Å². The number of nitrogens with zero attached hydrogens (tertiary/aromatic N) is 7. The highest BCUT2D eigenvalue weighted by molar-refractivity contribution is 5.89. The molecule has 34 heavy (non-hydrogen) atoms. The number of carbonyl (C=O) groups excluding carboxylic acids is 1. The number of alkyl halides is 2. The Hall–Kier alpha value is -3.87. The molecule has 1 saturated heterocycles.